The Morgan fingerprint density at radius 3 is 2.54 bits per heavy atom. The summed E-state index contributed by atoms with van der Waals surface area (Å²) in [6.45, 7) is 1.79. The van der Waals surface area contributed by atoms with Crippen LogP contribution in [0, 0.1) is 0 Å². The number of carbonyl (C=O) groups excluding carboxylic acids is 1. The molecule has 4 N–H and O–H groups in total. The Balaban J connectivity index is 1.62. The number of amides is 1. The monoisotopic (exact) mass is 400 g/mol. The first-order valence-corrected chi connectivity index (χ1v) is 10.2. The van der Waals surface area contributed by atoms with Crippen molar-refractivity contribution in [3.63, 3.8) is 0 Å². The van der Waals surface area contributed by atoms with Gasteiger partial charge < -0.3 is 10.3 Å². The van der Waals surface area contributed by atoms with E-state index in [0.717, 1.165) is 5.56 Å². The zero-order valence-corrected chi connectivity index (χ0v) is 16.0. The summed E-state index contributed by atoms with van der Waals surface area (Å²) in [5, 5.41) is 8.42. The number of hydrogen-bond acceptors (Lipinski definition) is 5. The van der Waals surface area contributed by atoms with Gasteiger partial charge in [0.25, 0.3) is 5.56 Å². The van der Waals surface area contributed by atoms with Crippen molar-refractivity contribution in [2.24, 2.45) is 5.14 Å². The van der Waals surface area contributed by atoms with Crippen LogP contribution < -0.4 is 16.0 Å². The summed E-state index contributed by atoms with van der Waals surface area (Å²) in [5.41, 5.74) is 1.10. The number of primary sulfonamides is 1. The Kier molecular flexibility index (Phi) is 5.57. The standard InChI is InChI=1S/C19H20N4O4S/c1-12(13-6-8-14(9-7-13)28(20,26)27)21-18(24)11-10-17-22-16-5-3-2-4-15(16)19(25)23-17/h2-9,12H,10-11H2,1H3,(H,21,24)(H2,20,26,27)(H,22,23,25)/t12-/m0/s1. The summed E-state index contributed by atoms with van der Waals surface area (Å²) in [6.07, 6.45) is 0.448. The predicted octanol–water partition coefficient (Wildman–Crippen LogP) is 1.38. The molecule has 2 aromatic carbocycles. The SMILES string of the molecule is C[C@H](NC(=O)CCc1nc2ccccc2c(=O)[nH]1)c1ccc(S(N)(=O)=O)cc1. The number of aromatic nitrogens is 2. The fourth-order valence-corrected chi connectivity index (χ4v) is 3.34. The van der Waals surface area contributed by atoms with Crippen LogP contribution in [0.3, 0.4) is 0 Å². The average molecular weight is 400 g/mol. The minimum atomic E-state index is -3.75. The first kappa shape index (κ1) is 19.7. The molecule has 0 saturated carbocycles. The minimum absolute atomic E-state index is 0.0149. The molecule has 0 fully saturated rings. The molecule has 3 rings (SSSR count). The molecule has 0 unspecified atom stereocenters. The summed E-state index contributed by atoms with van der Waals surface area (Å²) in [7, 11) is -3.75. The molecule has 0 spiro atoms. The number of sulfonamides is 1. The van der Waals surface area contributed by atoms with E-state index >= 15 is 0 Å². The average Bonchev–Trinajstić information content (AvgIpc) is 2.66. The van der Waals surface area contributed by atoms with Crippen LogP contribution in [0.1, 0.15) is 30.8 Å². The number of fused-ring (bicyclic) bond motifs is 1. The number of nitrogens with two attached hydrogens (primary N) is 1. The van der Waals surface area contributed by atoms with E-state index in [2.05, 4.69) is 15.3 Å². The van der Waals surface area contributed by atoms with Gasteiger partial charge in [0, 0.05) is 12.8 Å². The second-order valence-corrected chi connectivity index (χ2v) is 7.99. The lowest BCUT2D eigenvalue weighted by Crippen LogP contribution is -2.27. The van der Waals surface area contributed by atoms with Crippen LogP contribution in [0.25, 0.3) is 10.9 Å². The lowest BCUT2D eigenvalue weighted by molar-refractivity contribution is -0.121. The lowest BCUT2D eigenvalue weighted by Gasteiger charge is -2.14. The van der Waals surface area contributed by atoms with Gasteiger partial charge in [0.2, 0.25) is 15.9 Å². The van der Waals surface area contributed by atoms with Crippen LogP contribution in [-0.4, -0.2) is 24.3 Å². The maximum atomic E-state index is 12.2. The van der Waals surface area contributed by atoms with E-state index in [1.54, 1.807) is 43.3 Å². The van der Waals surface area contributed by atoms with E-state index in [4.69, 9.17) is 5.14 Å². The number of nitrogens with one attached hydrogen (secondary N) is 2. The van der Waals surface area contributed by atoms with E-state index < -0.39 is 10.0 Å². The Hall–Kier alpha value is -3.04. The summed E-state index contributed by atoms with van der Waals surface area (Å²) in [4.78, 5) is 31.4. The Bertz CT molecular complexity index is 1170. The van der Waals surface area contributed by atoms with Crippen LogP contribution >= 0.6 is 0 Å². The van der Waals surface area contributed by atoms with Crippen LogP contribution in [0.15, 0.2) is 58.2 Å². The molecule has 0 bridgehead atoms. The smallest absolute Gasteiger partial charge is 0.258 e. The van der Waals surface area contributed by atoms with Crippen LogP contribution in [0.5, 0.6) is 0 Å². The molecule has 3 aromatic rings. The second-order valence-electron chi connectivity index (χ2n) is 6.43. The summed E-state index contributed by atoms with van der Waals surface area (Å²) in [5.74, 6) is 0.239. The van der Waals surface area contributed by atoms with Crippen molar-refractivity contribution in [1.29, 1.82) is 0 Å². The highest BCUT2D eigenvalue weighted by Crippen LogP contribution is 2.16. The summed E-state index contributed by atoms with van der Waals surface area (Å²) >= 11 is 0. The quantitative estimate of drug-likeness (QED) is 0.574. The number of aryl methyl sites for hydroxylation is 1. The van der Waals surface area contributed by atoms with Gasteiger partial charge in [0.15, 0.2) is 0 Å². The van der Waals surface area contributed by atoms with Crippen molar-refractivity contribution >= 4 is 26.8 Å². The molecule has 1 amide bonds. The largest absolute Gasteiger partial charge is 0.350 e. The normalized spacial score (nSPS) is 12.6. The molecule has 1 atom stereocenters. The molecule has 1 heterocycles. The fraction of sp³-hybridized carbons (Fsp3) is 0.211. The number of nitrogens with zero attached hydrogens (tertiary/aromatic N) is 1. The van der Waals surface area contributed by atoms with Crippen molar-refractivity contribution in [3.05, 3.63) is 70.3 Å². The van der Waals surface area contributed by atoms with Gasteiger partial charge in [-0.1, -0.05) is 24.3 Å². The zero-order chi connectivity index (χ0) is 20.3. The van der Waals surface area contributed by atoms with E-state index in [-0.39, 0.29) is 28.8 Å². The topological polar surface area (TPSA) is 135 Å². The van der Waals surface area contributed by atoms with Crippen LogP contribution in [0.4, 0.5) is 0 Å². The number of rotatable bonds is 6. The van der Waals surface area contributed by atoms with Crippen molar-refractivity contribution in [2.45, 2.75) is 30.7 Å². The molecule has 9 heteroatoms. The number of carbonyl (C=O) groups is 1. The number of hydrogen-bond donors (Lipinski definition) is 3. The molecule has 1 aromatic heterocycles. The number of H-pyrrole nitrogens is 1. The van der Waals surface area contributed by atoms with Gasteiger partial charge in [-0.25, -0.2) is 18.5 Å². The molecular weight excluding hydrogens is 380 g/mol. The highest BCUT2D eigenvalue weighted by atomic mass is 32.2. The molecule has 8 nitrogen and oxygen atoms in total. The van der Waals surface area contributed by atoms with Crippen molar-refractivity contribution in [1.82, 2.24) is 15.3 Å². The van der Waals surface area contributed by atoms with Gasteiger partial charge in [-0.3, -0.25) is 9.59 Å². The van der Waals surface area contributed by atoms with Crippen molar-refractivity contribution in [3.8, 4) is 0 Å². The van der Waals surface area contributed by atoms with E-state index in [1.165, 1.54) is 12.1 Å². The van der Waals surface area contributed by atoms with Gasteiger partial charge in [-0.05, 0) is 36.8 Å². The molecule has 28 heavy (non-hydrogen) atoms. The first-order valence-electron chi connectivity index (χ1n) is 8.64. The van der Waals surface area contributed by atoms with E-state index in [9.17, 15) is 18.0 Å². The van der Waals surface area contributed by atoms with E-state index in [1.807, 2.05) is 0 Å². The van der Waals surface area contributed by atoms with Crippen LogP contribution in [-0.2, 0) is 21.2 Å². The second kappa shape index (κ2) is 7.91. The molecular formula is C19H20N4O4S. The predicted molar refractivity (Wildman–Crippen MR) is 105 cm³/mol. The van der Waals surface area contributed by atoms with Gasteiger partial charge >= 0.3 is 0 Å². The maximum absolute atomic E-state index is 12.2. The Morgan fingerprint density at radius 1 is 1.18 bits per heavy atom. The highest BCUT2D eigenvalue weighted by Gasteiger charge is 2.13. The zero-order valence-electron chi connectivity index (χ0n) is 15.2. The molecule has 0 aliphatic heterocycles. The molecule has 0 radical (unpaired) electrons. The molecule has 0 aliphatic rings. The Morgan fingerprint density at radius 2 is 1.86 bits per heavy atom. The minimum Gasteiger partial charge on any atom is -0.350 e. The van der Waals surface area contributed by atoms with Gasteiger partial charge in [0.1, 0.15) is 5.82 Å². The van der Waals surface area contributed by atoms with E-state index in [0.29, 0.717) is 23.1 Å². The summed E-state index contributed by atoms with van der Waals surface area (Å²) < 4.78 is 22.6. The maximum Gasteiger partial charge on any atom is 0.258 e. The van der Waals surface area contributed by atoms with Crippen LogP contribution in [0.2, 0.25) is 0 Å². The summed E-state index contributed by atoms with van der Waals surface area (Å²) in [6, 6.07) is 12.7. The number of para-hydroxylation sites is 1. The Labute approximate surface area is 161 Å². The third kappa shape index (κ3) is 4.62. The van der Waals surface area contributed by atoms with Gasteiger partial charge in [-0.15, -0.1) is 0 Å². The van der Waals surface area contributed by atoms with Crippen molar-refractivity contribution < 1.29 is 13.2 Å². The molecule has 0 saturated heterocycles. The third-order valence-electron chi connectivity index (χ3n) is 4.34. The van der Waals surface area contributed by atoms with Gasteiger partial charge in [0.05, 0.1) is 21.8 Å². The third-order valence-corrected chi connectivity index (χ3v) is 5.27. The molecule has 146 valence electrons. The van der Waals surface area contributed by atoms with Crippen molar-refractivity contribution in [2.75, 3.05) is 0 Å². The fourth-order valence-electron chi connectivity index (χ4n) is 2.83. The lowest BCUT2D eigenvalue weighted by atomic mass is 10.1. The number of aromatic amines is 1. The highest BCUT2D eigenvalue weighted by molar-refractivity contribution is 7.89. The molecule has 0 aliphatic carbocycles. The number of benzene rings is 2. The van der Waals surface area contributed by atoms with Gasteiger partial charge in [-0.2, -0.15) is 0 Å². The first-order chi connectivity index (χ1) is 13.2.